The molecule has 0 amide bonds. The van der Waals surface area contributed by atoms with Crippen molar-refractivity contribution in [1.29, 1.82) is 0 Å². The molecular formula is C4H3F6O. The van der Waals surface area contributed by atoms with Crippen LogP contribution in [0, 0.1) is 0 Å². The van der Waals surface area contributed by atoms with E-state index in [1.807, 2.05) is 0 Å². The molecule has 0 saturated carbocycles. The van der Waals surface area contributed by atoms with Gasteiger partial charge in [0.05, 0.1) is 0 Å². The minimum atomic E-state index is -5.16. The second-order valence-corrected chi connectivity index (χ2v) is 1.73. The van der Waals surface area contributed by atoms with Gasteiger partial charge in [-0.05, 0) is 0 Å². The van der Waals surface area contributed by atoms with E-state index in [0.29, 0.717) is 0 Å². The zero-order valence-corrected chi connectivity index (χ0v) is 4.91. The van der Waals surface area contributed by atoms with E-state index in [1.54, 1.807) is 0 Å². The van der Waals surface area contributed by atoms with Crippen molar-refractivity contribution < 1.29 is 31.4 Å². The molecule has 0 aliphatic rings. The van der Waals surface area contributed by atoms with Crippen molar-refractivity contribution in [1.82, 2.24) is 0 Å². The van der Waals surface area contributed by atoms with Crippen LogP contribution in [0.4, 0.5) is 26.3 Å². The number of alkyl halides is 6. The van der Waals surface area contributed by atoms with Gasteiger partial charge in [0.1, 0.15) is 0 Å². The fourth-order valence-electron chi connectivity index (χ4n) is 0.292. The monoisotopic (exact) mass is 181 g/mol. The highest BCUT2D eigenvalue weighted by atomic mass is 19.3. The lowest BCUT2D eigenvalue weighted by molar-refractivity contribution is -0.240. The van der Waals surface area contributed by atoms with Crippen molar-refractivity contribution in [3.05, 3.63) is 0 Å². The summed E-state index contributed by atoms with van der Waals surface area (Å²) in [6.45, 7) is 0. The Labute approximate surface area is 57.6 Å². The first-order valence-corrected chi connectivity index (χ1v) is 2.40. The largest absolute Gasteiger partial charge is 0.341 e. The fourth-order valence-corrected chi connectivity index (χ4v) is 0.292. The lowest BCUT2D eigenvalue weighted by Crippen LogP contribution is -2.43. The van der Waals surface area contributed by atoms with Gasteiger partial charge in [-0.1, -0.05) is 0 Å². The Bertz CT molecular complexity index is 124. The van der Waals surface area contributed by atoms with Gasteiger partial charge in [0.25, 0.3) is 6.43 Å². The highest BCUT2D eigenvalue weighted by Gasteiger charge is 2.53. The van der Waals surface area contributed by atoms with E-state index in [0.717, 1.165) is 0 Å². The van der Waals surface area contributed by atoms with E-state index in [1.165, 1.54) is 0 Å². The average Bonchev–Trinajstić information content (AvgIpc) is 1.85. The third-order valence-corrected chi connectivity index (χ3v) is 0.899. The Kier molecular flexibility index (Phi) is 3.15. The smallest absolute Gasteiger partial charge is 0.220 e. The molecule has 0 aromatic carbocycles. The van der Waals surface area contributed by atoms with Crippen molar-refractivity contribution >= 4 is 0 Å². The Balaban J connectivity index is 4.29. The molecule has 0 aromatic rings. The molecule has 67 valence electrons. The van der Waals surface area contributed by atoms with E-state index in [9.17, 15) is 31.4 Å². The highest BCUT2D eigenvalue weighted by Crippen LogP contribution is 2.30. The van der Waals surface area contributed by atoms with Crippen molar-refractivity contribution in [3.63, 3.8) is 0 Å². The predicted molar refractivity (Wildman–Crippen MR) is 21.4 cm³/mol. The first-order valence-electron chi connectivity index (χ1n) is 2.40. The van der Waals surface area contributed by atoms with Crippen LogP contribution >= 0.6 is 0 Å². The maximum atomic E-state index is 11.6. The van der Waals surface area contributed by atoms with Gasteiger partial charge < -0.3 is 0 Å². The van der Waals surface area contributed by atoms with Crippen molar-refractivity contribution in [2.45, 2.75) is 24.9 Å². The van der Waals surface area contributed by atoms with Gasteiger partial charge in [-0.3, -0.25) is 0 Å². The van der Waals surface area contributed by atoms with E-state index in [2.05, 4.69) is 0 Å². The molecule has 0 aromatic heterocycles. The van der Waals surface area contributed by atoms with Gasteiger partial charge in [-0.2, -0.15) is 8.78 Å². The molecule has 0 aliphatic carbocycles. The van der Waals surface area contributed by atoms with Gasteiger partial charge >= 0.3 is 12.3 Å². The quantitative estimate of drug-likeness (QED) is 0.593. The van der Waals surface area contributed by atoms with Crippen molar-refractivity contribution in [3.8, 4) is 0 Å². The topological polar surface area (TPSA) is 19.9 Å². The van der Waals surface area contributed by atoms with Crippen molar-refractivity contribution in [2.24, 2.45) is 0 Å². The maximum Gasteiger partial charge on any atom is 0.341 e. The molecule has 0 saturated heterocycles. The van der Waals surface area contributed by atoms with Crippen LogP contribution in [0.2, 0.25) is 0 Å². The van der Waals surface area contributed by atoms with E-state index < -0.39 is 24.9 Å². The summed E-state index contributed by atoms with van der Waals surface area (Å²) in [7, 11) is 0. The van der Waals surface area contributed by atoms with Crippen LogP contribution in [0.15, 0.2) is 0 Å². The van der Waals surface area contributed by atoms with Gasteiger partial charge in [0, 0.05) is 0 Å². The molecule has 0 N–H and O–H groups in total. The Morgan fingerprint density at radius 2 is 1.36 bits per heavy atom. The highest BCUT2D eigenvalue weighted by molar-refractivity contribution is 4.80. The average molecular weight is 181 g/mol. The number of hydrogen-bond acceptors (Lipinski definition) is 0. The molecule has 0 fully saturated rings. The molecule has 0 spiro atoms. The molecule has 1 unspecified atom stereocenters. The molecule has 0 bridgehead atoms. The predicted octanol–water partition coefficient (Wildman–Crippen LogP) is 1.95. The fraction of sp³-hybridized carbons (Fsp3) is 1.00. The van der Waals surface area contributed by atoms with Crippen LogP contribution in [-0.2, 0) is 5.11 Å². The normalized spacial score (nSPS) is 16.1. The molecule has 11 heavy (non-hydrogen) atoms. The standard InChI is InChI=1S/C4H3F6O/c5-2(6)1(11)4(9,10)3(7)8/h1-3H. The molecule has 1 nitrogen and oxygen atoms in total. The zero-order chi connectivity index (χ0) is 9.23. The Hall–Kier alpha value is -0.460. The minimum Gasteiger partial charge on any atom is -0.220 e. The van der Waals surface area contributed by atoms with Crippen LogP contribution in [0.5, 0.6) is 0 Å². The Morgan fingerprint density at radius 3 is 1.45 bits per heavy atom. The van der Waals surface area contributed by atoms with Crippen LogP contribution in [-0.4, -0.2) is 24.9 Å². The zero-order valence-electron chi connectivity index (χ0n) is 4.91. The van der Waals surface area contributed by atoms with Gasteiger partial charge in [-0.15, -0.1) is 0 Å². The SMILES string of the molecule is [O]C(C(F)F)C(F)(F)C(F)F. The van der Waals surface area contributed by atoms with Gasteiger partial charge in [0.2, 0.25) is 6.10 Å². The molecule has 0 rings (SSSR count). The number of hydrogen-bond donors (Lipinski definition) is 0. The van der Waals surface area contributed by atoms with E-state index in [-0.39, 0.29) is 0 Å². The molecule has 0 heterocycles. The molecule has 0 aliphatic heterocycles. The van der Waals surface area contributed by atoms with Gasteiger partial charge in [0.15, 0.2) is 0 Å². The minimum absolute atomic E-state index is 3.86. The van der Waals surface area contributed by atoms with Crippen molar-refractivity contribution in [2.75, 3.05) is 0 Å². The van der Waals surface area contributed by atoms with E-state index in [4.69, 9.17) is 0 Å². The third kappa shape index (κ3) is 2.25. The second-order valence-electron chi connectivity index (χ2n) is 1.73. The number of halogens is 6. The molecule has 1 atom stereocenters. The molecule has 1 radical (unpaired) electrons. The maximum absolute atomic E-state index is 11.6. The summed E-state index contributed by atoms with van der Waals surface area (Å²) in [6, 6.07) is 0. The summed E-state index contributed by atoms with van der Waals surface area (Å²) >= 11 is 0. The van der Waals surface area contributed by atoms with Crippen LogP contribution in [0.1, 0.15) is 0 Å². The molecular weight excluding hydrogens is 178 g/mol. The first kappa shape index (κ1) is 10.5. The third-order valence-electron chi connectivity index (χ3n) is 0.899. The first-order chi connectivity index (χ1) is 4.80. The summed E-state index contributed by atoms with van der Waals surface area (Å²) in [4.78, 5) is 0. The Morgan fingerprint density at radius 1 is 1.00 bits per heavy atom. The number of rotatable bonds is 3. The lowest BCUT2D eigenvalue weighted by Gasteiger charge is -2.18. The summed E-state index contributed by atoms with van der Waals surface area (Å²) in [5.74, 6) is -5.16. The van der Waals surface area contributed by atoms with E-state index >= 15 is 0 Å². The van der Waals surface area contributed by atoms with Crippen LogP contribution < -0.4 is 0 Å². The second kappa shape index (κ2) is 3.29. The summed E-state index contributed by atoms with van der Waals surface area (Å²) in [5, 5.41) is 9.71. The summed E-state index contributed by atoms with van der Waals surface area (Å²) < 4.78 is 67.9. The molecule has 7 heteroatoms. The summed E-state index contributed by atoms with van der Waals surface area (Å²) in [5.41, 5.74) is 0. The summed E-state index contributed by atoms with van der Waals surface area (Å²) in [6.07, 6.45) is -12.2. The van der Waals surface area contributed by atoms with Crippen LogP contribution in [0.25, 0.3) is 0 Å². The lowest BCUT2D eigenvalue weighted by atomic mass is 10.2. The van der Waals surface area contributed by atoms with Crippen LogP contribution in [0.3, 0.4) is 0 Å². The van der Waals surface area contributed by atoms with Gasteiger partial charge in [-0.25, -0.2) is 22.7 Å².